The number of halogens is 3. The number of hydrogen-bond acceptors (Lipinski definition) is 7. The first-order chi connectivity index (χ1) is 19.8. The third-order valence-electron chi connectivity index (χ3n) is 6.63. The Balaban J connectivity index is 1.41. The monoisotopic (exact) mass is 600 g/mol. The molecule has 0 amide bonds. The quantitative estimate of drug-likeness (QED) is 0.253. The summed E-state index contributed by atoms with van der Waals surface area (Å²) in [7, 11) is -3.77. The van der Waals surface area contributed by atoms with Crippen LogP contribution in [0.3, 0.4) is 0 Å². The number of nitrogens with two attached hydrogens (primary N) is 1. The van der Waals surface area contributed by atoms with Crippen LogP contribution >= 0.6 is 0 Å². The Morgan fingerprint density at radius 3 is 2.45 bits per heavy atom. The van der Waals surface area contributed by atoms with Gasteiger partial charge in [0.25, 0.3) is 0 Å². The molecule has 0 spiro atoms. The van der Waals surface area contributed by atoms with Gasteiger partial charge in [0.2, 0.25) is 15.8 Å². The molecule has 0 radical (unpaired) electrons. The molecule has 220 valence electrons. The fraction of sp³-hybridized carbons (Fsp3) is 0.214. The average molecular weight is 601 g/mol. The summed E-state index contributed by atoms with van der Waals surface area (Å²) in [4.78, 5) is 16.3. The van der Waals surface area contributed by atoms with Gasteiger partial charge in [0.05, 0.1) is 35.1 Å². The van der Waals surface area contributed by atoms with Crippen molar-refractivity contribution in [2.75, 3.05) is 16.3 Å². The number of sulfonamides is 1. The molecule has 2 aromatic carbocycles. The lowest BCUT2D eigenvalue weighted by Crippen LogP contribution is -2.36. The molecule has 42 heavy (non-hydrogen) atoms. The molecule has 0 saturated carbocycles. The van der Waals surface area contributed by atoms with Crippen LogP contribution in [0.15, 0.2) is 60.4 Å². The van der Waals surface area contributed by atoms with Crippen LogP contribution in [0.25, 0.3) is 16.6 Å². The second kappa shape index (κ2) is 10.6. The first-order valence-electron chi connectivity index (χ1n) is 12.7. The highest BCUT2D eigenvalue weighted by Crippen LogP contribution is 2.31. The number of aromatic nitrogens is 3. The number of benzene rings is 2. The van der Waals surface area contributed by atoms with Crippen LogP contribution in [0.2, 0.25) is 0 Å². The number of carbonyl (C=O) groups is 1. The minimum atomic E-state index is -3.77. The van der Waals surface area contributed by atoms with Crippen molar-refractivity contribution in [2.45, 2.75) is 33.0 Å². The number of ether oxygens (including phenoxy) is 1. The van der Waals surface area contributed by atoms with Crippen molar-refractivity contribution in [3.8, 4) is 5.75 Å². The Morgan fingerprint density at radius 2 is 1.83 bits per heavy atom. The zero-order chi connectivity index (χ0) is 30.5. The zero-order valence-corrected chi connectivity index (χ0v) is 23.8. The topological polar surface area (TPSA) is 135 Å². The van der Waals surface area contributed by atoms with E-state index in [0.29, 0.717) is 22.2 Å². The third-order valence-corrected chi connectivity index (χ3v) is 7.96. The predicted molar refractivity (Wildman–Crippen MR) is 153 cm³/mol. The largest absolute Gasteiger partial charge is 0.461 e. The Hall–Kier alpha value is -4.72. The summed E-state index contributed by atoms with van der Waals surface area (Å²) in [6.45, 7) is 4.96. The molecule has 3 heterocycles. The summed E-state index contributed by atoms with van der Waals surface area (Å²) in [6.07, 6.45) is 4.45. The van der Waals surface area contributed by atoms with Crippen LogP contribution in [-0.2, 0) is 10.0 Å². The SMILES string of the molecule is CC1=CC(Oc2c(F)cccc2F)NC=C1n1ncc(C(=O)c2cc3cc(F)c(N(C(C)C)S(C)(=O)=O)cc3[nH]2)c1N. The normalized spacial score (nSPS) is 15.4. The first kappa shape index (κ1) is 28.8. The number of carbonyl (C=O) groups excluding carboxylic acids is 1. The van der Waals surface area contributed by atoms with Crippen LogP contribution in [0.5, 0.6) is 5.75 Å². The number of allylic oxidation sites excluding steroid dienone is 2. The van der Waals surface area contributed by atoms with Crippen molar-refractivity contribution < 1.29 is 31.1 Å². The summed E-state index contributed by atoms with van der Waals surface area (Å²) >= 11 is 0. The number of rotatable bonds is 8. The fourth-order valence-corrected chi connectivity index (χ4v) is 6.06. The van der Waals surface area contributed by atoms with E-state index in [2.05, 4.69) is 15.4 Å². The van der Waals surface area contributed by atoms with Crippen molar-refractivity contribution in [3.05, 3.63) is 89.2 Å². The Labute approximate surface area is 239 Å². The molecule has 0 saturated heterocycles. The number of anilines is 2. The van der Waals surface area contributed by atoms with E-state index in [4.69, 9.17) is 10.5 Å². The number of ketones is 1. The van der Waals surface area contributed by atoms with Crippen molar-refractivity contribution in [1.29, 1.82) is 0 Å². The van der Waals surface area contributed by atoms with Crippen molar-refractivity contribution in [3.63, 3.8) is 0 Å². The molecule has 0 bridgehead atoms. The molecule has 1 aliphatic heterocycles. The lowest BCUT2D eigenvalue weighted by Gasteiger charge is -2.26. The maximum atomic E-state index is 15.0. The molecule has 10 nitrogen and oxygen atoms in total. The number of para-hydroxylation sites is 1. The van der Waals surface area contributed by atoms with Crippen LogP contribution in [0.1, 0.15) is 36.8 Å². The Kier molecular flexibility index (Phi) is 7.27. The summed E-state index contributed by atoms with van der Waals surface area (Å²) < 4.78 is 75.3. The van der Waals surface area contributed by atoms with Crippen molar-refractivity contribution in [2.24, 2.45) is 0 Å². The van der Waals surface area contributed by atoms with Gasteiger partial charge >= 0.3 is 0 Å². The minimum absolute atomic E-state index is 0.00824. The zero-order valence-electron chi connectivity index (χ0n) is 22.9. The lowest BCUT2D eigenvalue weighted by molar-refractivity contribution is 0.103. The van der Waals surface area contributed by atoms with Crippen LogP contribution in [0, 0.1) is 17.5 Å². The molecule has 0 fully saturated rings. The van der Waals surface area contributed by atoms with Crippen molar-refractivity contribution in [1.82, 2.24) is 20.1 Å². The lowest BCUT2D eigenvalue weighted by atomic mass is 10.1. The van der Waals surface area contributed by atoms with Gasteiger partial charge in [-0.2, -0.15) is 5.10 Å². The van der Waals surface area contributed by atoms with E-state index < -0.39 is 51.3 Å². The molecule has 14 heteroatoms. The minimum Gasteiger partial charge on any atom is -0.461 e. The van der Waals surface area contributed by atoms with Gasteiger partial charge < -0.3 is 20.8 Å². The van der Waals surface area contributed by atoms with Gasteiger partial charge in [-0.15, -0.1) is 0 Å². The van der Waals surface area contributed by atoms with Crippen molar-refractivity contribution >= 4 is 43.9 Å². The van der Waals surface area contributed by atoms with Gasteiger partial charge in [-0.05, 0) is 62.8 Å². The average Bonchev–Trinajstić information content (AvgIpc) is 3.48. The number of dihydropyridines is 1. The second-order valence-corrected chi connectivity index (χ2v) is 11.9. The number of nitrogens with zero attached hydrogens (tertiary/aromatic N) is 3. The van der Waals surface area contributed by atoms with Gasteiger partial charge in [0, 0.05) is 23.1 Å². The number of fused-ring (bicyclic) bond motifs is 1. The van der Waals surface area contributed by atoms with E-state index >= 15 is 0 Å². The van der Waals surface area contributed by atoms with E-state index in [9.17, 15) is 26.4 Å². The fourth-order valence-electron chi connectivity index (χ4n) is 4.80. The smallest absolute Gasteiger partial charge is 0.232 e. The maximum absolute atomic E-state index is 15.0. The summed E-state index contributed by atoms with van der Waals surface area (Å²) in [5.41, 5.74) is 7.71. The third kappa shape index (κ3) is 5.20. The van der Waals surface area contributed by atoms with Gasteiger partial charge in [0.15, 0.2) is 23.6 Å². The maximum Gasteiger partial charge on any atom is 0.232 e. The molecular formula is C28H27F3N6O4S. The standard InChI is InChI=1S/C28H27F3N6O4S/c1-14(2)37(42(4,39)40)23-11-21-16(9-20(23)31)10-22(35-21)26(38)17-12-34-36(28(17)32)24-13-33-25(8-15(24)3)41-27-18(29)6-5-7-19(27)30/h5-14,25,33,35H,32H2,1-4H3. The first-order valence-corrected chi connectivity index (χ1v) is 14.6. The molecule has 5 rings (SSSR count). The van der Waals surface area contributed by atoms with Crippen LogP contribution < -0.4 is 20.1 Å². The number of nitrogen functional groups attached to an aromatic ring is 1. The van der Waals surface area contributed by atoms with Gasteiger partial charge in [-0.3, -0.25) is 9.10 Å². The number of aromatic amines is 1. The number of hydrogen-bond donors (Lipinski definition) is 3. The van der Waals surface area contributed by atoms with Gasteiger partial charge in [0.1, 0.15) is 11.6 Å². The Morgan fingerprint density at radius 1 is 1.14 bits per heavy atom. The predicted octanol–water partition coefficient (Wildman–Crippen LogP) is 4.52. The molecular weight excluding hydrogens is 573 g/mol. The number of H-pyrrole nitrogens is 1. The van der Waals surface area contributed by atoms with E-state index in [1.165, 1.54) is 35.3 Å². The van der Waals surface area contributed by atoms with Crippen LogP contribution in [-0.4, -0.2) is 47.5 Å². The molecule has 0 aliphatic carbocycles. The van der Waals surface area contributed by atoms with Gasteiger partial charge in [-0.25, -0.2) is 26.3 Å². The second-order valence-electron chi connectivity index (χ2n) is 10.0. The number of nitrogens with one attached hydrogen (secondary N) is 2. The highest BCUT2D eigenvalue weighted by atomic mass is 32.2. The van der Waals surface area contributed by atoms with Gasteiger partial charge in [-0.1, -0.05) is 6.07 Å². The summed E-state index contributed by atoms with van der Waals surface area (Å²) in [6, 6.07) is 6.79. The summed E-state index contributed by atoms with van der Waals surface area (Å²) in [5.74, 6) is -3.50. The highest BCUT2D eigenvalue weighted by Gasteiger charge is 2.27. The molecule has 4 aromatic rings. The molecule has 1 unspecified atom stereocenters. The molecule has 1 aliphatic rings. The van der Waals surface area contributed by atoms with Crippen LogP contribution in [0.4, 0.5) is 24.7 Å². The summed E-state index contributed by atoms with van der Waals surface area (Å²) in [5, 5.41) is 7.47. The van der Waals surface area contributed by atoms with E-state index in [-0.39, 0.29) is 22.8 Å². The van der Waals surface area contributed by atoms with E-state index in [1.807, 2.05) is 0 Å². The Bertz CT molecular complexity index is 1870. The van der Waals surface area contributed by atoms with E-state index in [1.54, 1.807) is 26.8 Å². The molecule has 2 aromatic heterocycles. The van der Waals surface area contributed by atoms with E-state index in [0.717, 1.165) is 28.8 Å². The molecule has 4 N–H and O–H groups in total. The highest BCUT2D eigenvalue weighted by molar-refractivity contribution is 7.92. The molecule has 1 atom stereocenters.